The molecule has 1 aliphatic rings. The van der Waals surface area contributed by atoms with Crippen LogP contribution in [0.5, 0.6) is 0 Å². The molecule has 1 aromatic heterocycles. The van der Waals surface area contributed by atoms with Gasteiger partial charge in [0.25, 0.3) is 5.56 Å². The molecular formula is C23H22N6O4. The minimum absolute atomic E-state index is 0.0470. The molecule has 10 heteroatoms. The number of nitrogens with zero attached hydrogens (tertiary/aromatic N) is 1. The first-order valence-corrected chi connectivity index (χ1v) is 10.2. The lowest BCUT2D eigenvalue weighted by atomic mass is 9.92. The first-order valence-electron chi connectivity index (χ1n) is 10.2. The molecule has 0 bridgehead atoms. The van der Waals surface area contributed by atoms with E-state index in [4.69, 9.17) is 0 Å². The molecule has 1 atom stereocenters. The number of nitrogens with one attached hydrogen (secondary N) is 5. The Kier molecular flexibility index (Phi) is 5.90. The molecule has 3 amide bonds. The zero-order valence-corrected chi connectivity index (χ0v) is 18.0. The highest BCUT2D eigenvalue weighted by molar-refractivity contribution is 6.04. The standard InChI is InChI=1S/C23H22N6O4/c1-12-3-5-16(6-4-12)26-23-28-20-19(22(33)29-23)17(11-18(31)27-20)21(32)25-15-9-7-14(8-10-15)24-13(2)30/h3-10,17H,11H2,1-2H3,(H,24,30)(H,25,32)(H3,26,27,28,29,31,33). The SMILES string of the molecule is CC(=O)Nc1ccc(NC(=O)C2CC(=O)Nc3nc(Nc4ccc(C)cc4)[nH]c(=O)c32)cc1. The van der Waals surface area contributed by atoms with E-state index in [-0.39, 0.29) is 29.7 Å². The average Bonchev–Trinajstić information content (AvgIpc) is 2.75. The molecule has 10 nitrogen and oxygen atoms in total. The summed E-state index contributed by atoms with van der Waals surface area (Å²) in [6.07, 6.45) is -0.182. The van der Waals surface area contributed by atoms with E-state index < -0.39 is 23.3 Å². The number of carbonyl (C=O) groups excluding carboxylic acids is 3. The third-order valence-electron chi connectivity index (χ3n) is 5.05. The quantitative estimate of drug-likeness (QED) is 0.407. The molecule has 0 radical (unpaired) electrons. The third kappa shape index (κ3) is 5.06. The molecular weight excluding hydrogens is 424 g/mol. The molecule has 5 N–H and O–H groups in total. The fraction of sp³-hybridized carbons (Fsp3) is 0.174. The zero-order chi connectivity index (χ0) is 23.5. The lowest BCUT2D eigenvalue weighted by Crippen LogP contribution is -2.36. The summed E-state index contributed by atoms with van der Waals surface area (Å²) in [4.78, 5) is 56.1. The number of carbonyl (C=O) groups is 3. The number of anilines is 5. The van der Waals surface area contributed by atoms with Crippen molar-refractivity contribution in [3.05, 3.63) is 70.0 Å². The topological polar surface area (TPSA) is 145 Å². The van der Waals surface area contributed by atoms with E-state index in [9.17, 15) is 19.2 Å². The average molecular weight is 446 g/mol. The van der Waals surface area contributed by atoms with Crippen LogP contribution in [-0.4, -0.2) is 27.7 Å². The van der Waals surface area contributed by atoms with E-state index >= 15 is 0 Å². The van der Waals surface area contributed by atoms with E-state index in [1.54, 1.807) is 24.3 Å². The minimum Gasteiger partial charge on any atom is -0.326 e. The maximum absolute atomic E-state index is 12.9. The van der Waals surface area contributed by atoms with Crippen LogP contribution in [0.2, 0.25) is 0 Å². The van der Waals surface area contributed by atoms with Crippen molar-refractivity contribution in [3.8, 4) is 0 Å². The van der Waals surface area contributed by atoms with E-state index in [1.807, 2.05) is 31.2 Å². The lowest BCUT2D eigenvalue weighted by molar-refractivity contribution is -0.123. The summed E-state index contributed by atoms with van der Waals surface area (Å²) >= 11 is 0. The Morgan fingerprint density at radius 3 is 2.18 bits per heavy atom. The van der Waals surface area contributed by atoms with Gasteiger partial charge in [-0.05, 0) is 43.3 Å². The molecule has 1 unspecified atom stereocenters. The number of amides is 3. The molecule has 0 fully saturated rings. The molecule has 0 spiro atoms. The van der Waals surface area contributed by atoms with Gasteiger partial charge in [-0.2, -0.15) is 4.98 Å². The maximum Gasteiger partial charge on any atom is 0.258 e. The van der Waals surface area contributed by atoms with Gasteiger partial charge in [0, 0.05) is 30.4 Å². The Morgan fingerprint density at radius 1 is 0.939 bits per heavy atom. The Morgan fingerprint density at radius 2 is 1.55 bits per heavy atom. The molecule has 2 heterocycles. The van der Waals surface area contributed by atoms with Crippen molar-refractivity contribution < 1.29 is 14.4 Å². The van der Waals surface area contributed by atoms with Gasteiger partial charge in [-0.3, -0.25) is 24.2 Å². The normalized spacial score (nSPS) is 14.6. The minimum atomic E-state index is -1.01. The van der Waals surface area contributed by atoms with Gasteiger partial charge < -0.3 is 21.3 Å². The number of aryl methyl sites for hydroxylation is 1. The number of fused-ring (bicyclic) bond motifs is 1. The van der Waals surface area contributed by atoms with Gasteiger partial charge in [0.05, 0.1) is 11.5 Å². The van der Waals surface area contributed by atoms with Gasteiger partial charge in [0.2, 0.25) is 23.7 Å². The van der Waals surface area contributed by atoms with E-state index in [1.165, 1.54) is 6.92 Å². The lowest BCUT2D eigenvalue weighted by Gasteiger charge is -2.23. The van der Waals surface area contributed by atoms with E-state index in [0.29, 0.717) is 17.1 Å². The van der Waals surface area contributed by atoms with Crippen molar-refractivity contribution in [1.29, 1.82) is 0 Å². The fourth-order valence-corrected chi connectivity index (χ4v) is 3.50. The van der Waals surface area contributed by atoms with Crippen LogP contribution in [0.1, 0.15) is 30.4 Å². The Hall–Kier alpha value is -4.47. The first-order chi connectivity index (χ1) is 15.8. The largest absolute Gasteiger partial charge is 0.326 e. The molecule has 168 valence electrons. The first kappa shape index (κ1) is 21.8. The van der Waals surface area contributed by atoms with Crippen LogP contribution < -0.4 is 26.8 Å². The van der Waals surface area contributed by atoms with Gasteiger partial charge in [-0.15, -0.1) is 0 Å². The van der Waals surface area contributed by atoms with Gasteiger partial charge in [0.1, 0.15) is 5.82 Å². The van der Waals surface area contributed by atoms with E-state index in [0.717, 1.165) is 5.56 Å². The molecule has 2 aromatic carbocycles. The van der Waals surface area contributed by atoms with Crippen LogP contribution in [0.4, 0.5) is 28.8 Å². The van der Waals surface area contributed by atoms with Crippen LogP contribution in [0, 0.1) is 6.92 Å². The molecule has 4 rings (SSSR count). The highest BCUT2D eigenvalue weighted by Crippen LogP contribution is 2.30. The number of rotatable bonds is 5. The van der Waals surface area contributed by atoms with Gasteiger partial charge in [0.15, 0.2) is 0 Å². The summed E-state index contributed by atoms with van der Waals surface area (Å²) in [5.41, 5.74) is 2.41. The molecule has 3 aromatic rings. The van der Waals surface area contributed by atoms with Crippen LogP contribution in [0.3, 0.4) is 0 Å². The summed E-state index contributed by atoms with van der Waals surface area (Å²) in [5, 5.41) is 10.9. The van der Waals surface area contributed by atoms with Crippen molar-refractivity contribution in [2.45, 2.75) is 26.2 Å². The zero-order valence-electron chi connectivity index (χ0n) is 18.0. The highest BCUT2D eigenvalue weighted by Gasteiger charge is 2.34. The number of aromatic amines is 1. The van der Waals surface area contributed by atoms with Crippen molar-refractivity contribution >= 4 is 46.5 Å². The van der Waals surface area contributed by atoms with Crippen molar-refractivity contribution in [1.82, 2.24) is 9.97 Å². The second-order valence-electron chi connectivity index (χ2n) is 7.72. The Labute approximate surface area is 188 Å². The smallest absolute Gasteiger partial charge is 0.258 e. The summed E-state index contributed by atoms with van der Waals surface area (Å²) in [6, 6.07) is 14.0. The summed E-state index contributed by atoms with van der Waals surface area (Å²) in [5.74, 6) is -1.94. The van der Waals surface area contributed by atoms with Crippen LogP contribution in [-0.2, 0) is 14.4 Å². The number of benzene rings is 2. The Balaban J connectivity index is 1.56. The monoisotopic (exact) mass is 446 g/mol. The Bertz CT molecular complexity index is 1280. The third-order valence-corrected chi connectivity index (χ3v) is 5.05. The summed E-state index contributed by atoms with van der Waals surface area (Å²) in [7, 11) is 0. The van der Waals surface area contributed by atoms with E-state index in [2.05, 4.69) is 31.2 Å². The number of H-pyrrole nitrogens is 1. The molecule has 1 aliphatic heterocycles. The summed E-state index contributed by atoms with van der Waals surface area (Å²) in [6.45, 7) is 3.36. The predicted octanol–water partition coefficient (Wildman–Crippen LogP) is 2.84. The van der Waals surface area contributed by atoms with Crippen molar-refractivity contribution in [2.75, 3.05) is 21.3 Å². The second-order valence-corrected chi connectivity index (χ2v) is 7.72. The number of hydrogen-bond donors (Lipinski definition) is 5. The second kappa shape index (κ2) is 8.95. The van der Waals surface area contributed by atoms with Crippen LogP contribution in [0.25, 0.3) is 0 Å². The molecule has 0 aliphatic carbocycles. The molecule has 33 heavy (non-hydrogen) atoms. The van der Waals surface area contributed by atoms with Gasteiger partial charge in [-0.25, -0.2) is 0 Å². The molecule has 0 saturated carbocycles. The van der Waals surface area contributed by atoms with Crippen LogP contribution >= 0.6 is 0 Å². The molecule has 0 saturated heterocycles. The fourth-order valence-electron chi connectivity index (χ4n) is 3.50. The van der Waals surface area contributed by atoms with Crippen molar-refractivity contribution in [2.24, 2.45) is 0 Å². The maximum atomic E-state index is 12.9. The van der Waals surface area contributed by atoms with Crippen LogP contribution in [0.15, 0.2) is 53.3 Å². The van der Waals surface area contributed by atoms with Gasteiger partial charge in [-0.1, -0.05) is 17.7 Å². The van der Waals surface area contributed by atoms with Gasteiger partial charge >= 0.3 is 0 Å². The number of aromatic nitrogens is 2. The summed E-state index contributed by atoms with van der Waals surface area (Å²) < 4.78 is 0. The van der Waals surface area contributed by atoms with Crippen molar-refractivity contribution in [3.63, 3.8) is 0 Å². The predicted molar refractivity (Wildman–Crippen MR) is 125 cm³/mol. The highest BCUT2D eigenvalue weighted by atomic mass is 16.2. The number of hydrogen-bond acceptors (Lipinski definition) is 6.